The standard InChI is InChI=1S/C17H20F2N2O2S/c1-3-4-8-14-21-11(2)15(24-14)16(22)20-10-12-6-5-7-13(9-12)23-17(18)19/h5-7,9,17H,3-4,8,10H2,1-2H3,(H,20,22). The van der Waals surface area contributed by atoms with Crippen LogP contribution in [0.5, 0.6) is 5.75 Å². The molecule has 7 heteroatoms. The van der Waals surface area contributed by atoms with Crippen LogP contribution in [-0.2, 0) is 13.0 Å². The molecule has 0 aliphatic carbocycles. The van der Waals surface area contributed by atoms with Gasteiger partial charge in [-0.05, 0) is 37.5 Å². The molecule has 0 saturated heterocycles. The van der Waals surface area contributed by atoms with E-state index in [-0.39, 0.29) is 18.2 Å². The number of unbranched alkanes of at least 4 members (excludes halogenated alkanes) is 1. The van der Waals surface area contributed by atoms with Crippen molar-refractivity contribution in [1.29, 1.82) is 0 Å². The molecule has 0 aliphatic heterocycles. The first kappa shape index (κ1) is 18.3. The Morgan fingerprint density at radius 3 is 2.92 bits per heavy atom. The molecule has 1 aromatic carbocycles. The van der Waals surface area contributed by atoms with E-state index in [0.717, 1.165) is 30.0 Å². The predicted octanol–water partition coefficient (Wildman–Crippen LogP) is 4.33. The lowest BCUT2D eigenvalue weighted by Crippen LogP contribution is -2.22. The number of aryl methyl sites for hydroxylation is 2. The van der Waals surface area contributed by atoms with E-state index in [1.54, 1.807) is 12.1 Å². The molecule has 1 N–H and O–H groups in total. The number of rotatable bonds is 8. The average molecular weight is 354 g/mol. The van der Waals surface area contributed by atoms with Gasteiger partial charge in [0.05, 0.1) is 10.7 Å². The van der Waals surface area contributed by atoms with Crippen molar-refractivity contribution >= 4 is 17.2 Å². The lowest BCUT2D eigenvalue weighted by atomic mass is 10.2. The number of alkyl halides is 2. The molecule has 0 bridgehead atoms. The third kappa shape index (κ3) is 5.26. The molecule has 0 radical (unpaired) electrons. The zero-order valence-electron chi connectivity index (χ0n) is 13.6. The van der Waals surface area contributed by atoms with Gasteiger partial charge in [-0.1, -0.05) is 25.5 Å². The van der Waals surface area contributed by atoms with E-state index < -0.39 is 6.61 Å². The smallest absolute Gasteiger partial charge is 0.387 e. The van der Waals surface area contributed by atoms with Gasteiger partial charge >= 0.3 is 6.61 Å². The minimum Gasteiger partial charge on any atom is -0.435 e. The zero-order chi connectivity index (χ0) is 17.5. The third-order valence-electron chi connectivity index (χ3n) is 3.37. The van der Waals surface area contributed by atoms with Crippen molar-refractivity contribution < 1.29 is 18.3 Å². The van der Waals surface area contributed by atoms with Gasteiger partial charge in [0.15, 0.2) is 0 Å². The summed E-state index contributed by atoms with van der Waals surface area (Å²) in [6.45, 7) is 1.30. The number of amides is 1. The Labute approximate surface area is 143 Å². The summed E-state index contributed by atoms with van der Waals surface area (Å²) < 4.78 is 28.8. The van der Waals surface area contributed by atoms with Crippen LogP contribution in [0.4, 0.5) is 8.78 Å². The van der Waals surface area contributed by atoms with Crippen molar-refractivity contribution in [3.05, 3.63) is 45.4 Å². The Morgan fingerprint density at radius 1 is 1.42 bits per heavy atom. The molecule has 4 nitrogen and oxygen atoms in total. The van der Waals surface area contributed by atoms with Crippen LogP contribution in [0, 0.1) is 6.92 Å². The maximum absolute atomic E-state index is 12.3. The van der Waals surface area contributed by atoms with Gasteiger partial charge in [-0.3, -0.25) is 4.79 Å². The summed E-state index contributed by atoms with van der Waals surface area (Å²) in [5, 5.41) is 3.76. The number of carbonyl (C=O) groups is 1. The van der Waals surface area contributed by atoms with E-state index in [1.807, 2.05) is 6.92 Å². The van der Waals surface area contributed by atoms with E-state index >= 15 is 0 Å². The molecule has 1 aromatic heterocycles. The number of hydrogen-bond acceptors (Lipinski definition) is 4. The SMILES string of the molecule is CCCCc1nc(C)c(C(=O)NCc2cccc(OC(F)F)c2)s1. The van der Waals surface area contributed by atoms with Crippen molar-refractivity contribution in [2.24, 2.45) is 0 Å². The summed E-state index contributed by atoms with van der Waals surface area (Å²) in [5.74, 6) is -0.125. The molecule has 0 aliphatic rings. The quantitative estimate of drug-likeness (QED) is 0.768. The van der Waals surface area contributed by atoms with Crippen LogP contribution in [0.1, 0.15) is 45.7 Å². The van der Waals surface area contributed by atoms with Crippen molar-refractivity contribution in [3.63, 3.8) is 0 Å². The molecular weight excluding hydrogens is 334 g/mol. The number of nitrogens with zero attached hydrogens (tertiary/aromatic N) is 1. The largest absolute Gasteiger partial charge is 0.435 e. The molecule has 130 valence electrons. The Balaban J connectivity index is 1.97. The van der Waals surface area contributed by atoms with Gasteiger partial charge in [-0.25, -0.2) is 4.98 Å². The van der Waals surface area contributed by atoms with E-state index in [1.165, 1.54) is 23.5 Å². The summed E-state index contributed by atoms with van der Waals surface area (Å²) in [6, 6.07) is 6.29. The molecule has 2 rings (SSSR count). The van der Waals surface area contributed by atoms with Crippen LogP contribution in [0.15, 0.2) is 24.3 Å². The molecule has 0 saturated carbocycles. The number of ether oxygens (including phenoxy) is 1. The van der Waals surface area contributed by atoms with Crippen LogP contribution in [-0.4, -0.2) is 17.5 Å². The van der Waals surface area contributed by atoms with Gasteiger partial charge in [-0.2, -0.15) is 8.78 Å². The number of nitrogens with one attached hydrogen (secondary N) is 1. The number of carbonyl (C=O) groups excluding carboxylic acids is 1. The fraction of sp³-hybridized carbons (Fsp3) is 0.412. The van der Waals surface area contributed by atoms with E-state index in [2.05, 4.69) is 22.0 Å². The van der Waals surface area contributed by atoms with Gasteiger partial charge in [0.25, 0.3) is 5.91 Å². The first-order valence-electron chi connectivity index (χ1n) is 7.77. The second-order valence-electron chi connectivity index (χ2n) is 5.33. The second-order valence-corrected chi connectivity index (χ2v) is 6.42. The van der Waals surface area contributed by atoms with Gasteiger partial charge < -0.3 is 10.1 Å². The highest BCUT2D eigenvalue weighted by molar-refractivity contribution is 7.13. The van der Waals surface area contributed by atoms with Crippen LogP contribution >= 0.6 is 11.3 Å². The number of halogens is 2. The summed E-state index contributed by atoms with van der Waals surface area (Å²) in [5.41, 5.74) is 1.41. The first-order valence-corrected chi connectivity index (χ1v) is 8.59. The normalized spacial score (nSPS) is 10.9. The van der Waals surface area contributed by atoms with Crippen molar-refractivity contribution in [2.45, 2.75) is 46.3 Å². The predicted molar refractivity (Wildman–Crippen MR) is 89.7 cm³/mol. The number of hydrogen-bond donors (Lipinski definition) is 1. The highest BCUT2D eigenvalue weighted by atomic mass is 32.1. The van der Waals surface area contributed by atoms with Gasteiger partial charge in [0.1, 0.15) is 10.6 Å². The number of aromatic nitrogens is 1. The Hall–Kier alpha value is -2.02. The lowest BCUT2D eigenvalue weighted by molar-refractivity contribution is -0.0498. The van der Waals surface area contributed by atoms with Gasteiger partial charge in [0.2, 0.25) is 0 Å². The molecule has 1 heterocycles. The van der Waals surface area contributed by atoms with Gasteiger partial charge in [-0.15, -0.1) is 11.3 Å². The van der Waals surface area contributed by atoms with E-state index in [4.69, 9.17) is 0 Å². The van der Waals surface area contributed by atoms with Crippen molar-refractivity contribution in [3.8, 4) is 5.75 Å². The zero-order valence-corrected chi connectivity index (χ0v) is 14.5. The highest BCUT2D eigenvalue weighted by Crippen LogP contribution is 2.20. The summed E-state index contributed by atoms with van der Waals surface area (Å²) in [4.78, 5) is 17.3. The van der Waals surface area contributed by atoms with Crippen LogP contribution in [0.25, 0.3) is 0 Å². The fourth-order valence-electron chi connectivity index (χ4n) is 2.19. The third-order valence-corrected chi connectivity index (χ3v) is 4.58. The van der Waals surface area contributed by atoms with Crippen molar-refractivity contribution in [2.75, 3.05) is 0 Å². The number of thiazole rings is 1. The minimum atomic E-state index is -2.86. The molecule has 0 unspecified atom stereocenters. The Bertz CT molecular complexity index is 689. The second kappa shape index (κ2) is 8.73. The van der Waals surface area contributed by atoms with Crippen LogP contribution in [0.3, 0.4) is 0 Å². The average Bonchev–Trinajstić information content (AvgIpc) is 2.91. The van der Waals surface area contributed by atoms with E-state index in [9.17, 15) is 13.6 Å². The molecule has 2 aromatic rings. The molecule has 1 amide bonds. The highest BCUT2D eigenvalue weighted by Gasteiger charge is 2.15. The van der Waals surface area contributed by atoms with Gasteiger partial charge in [0, 0.05) is 6.54 Å². The van der Waals surface area contributed by atoms with E-state index in [0.29, 0.717) is 10.4 Å². The van der Waals surface area contributed by atoms with Crippen LogP contribution in [0.2, 0.25) is 0 Å². The minimum absolute atomic E-state index is 0.0765. The summed E-state index contributed by atoms with van der Waals surface area (Å²) >= 11 is 1.41. The molecule has 24 heavy (non-hydrogen) atoms. The fourth-order valence-corrected chi connectivity index (χ4v) is 3.21. The van der Waals surface area contributed by atoms with Crippen molar-refractivity contribution in [1.82, 2.24) is 10.3 Å². The molecule has 0 fully saturated rings. The molecule has 0 spiro atoms. The lowest BCUT2D eigenvalue weighted by Gasteiger charge is -2.08. The summed E-state index contributed by atoms with van der Waals surface area (Å²) in [6.07, 6.45) is 3.00. The maximum atomic E-state index is 12.3. The topological polar surface area (TPSA) is 51.2 Å². The van der Waals surface area contributed by atoms with Crippen LogP contribution < -0.4 is 10.1 Å². The first-order chi connectivity index (χ1) is 11.5. The monoisotopic (exact) mass is 354 g/mol. The number of benzene rings is 1. The summed E-state index contributed by atoms with van der Waals surface area (Å²) in [7, 11) is 0. The molecule has 0 atom stereocenters. The Kier molecular flexibility index (Phi) is 6.66. The Morgan fingerprint density at radius 2 is 2.21 bits per heavy atom. The molecular formula is C17H20F2N2O2S. The maximum Gasteiger partial charge on any atom is 0.387 e.